The van der Waals surface area contributed by atoms with Crippen LogP contribution < -0.4 is 0 Å². The number of hydrogen-bond acceptors (Lipinski definition) is 1. The molecule has 0 spiro atoms. The molecular formula is C7H10S. The normalized spacial score (nSPS) is 66.0. The molecule has 8 heavy (non-hydrogen) atoms. The second kappa shape index (κ2) is 1.11. The quantitative estimate of drug-likeness (QED) is 0.447. The molecule has 0 aromatic rings. The van der Waals surface area contributed by atoms with Gasteiger partial charge in [-0.2, -0.15) is 11.8 Å². The van der Waals surface area contributed by atoms with Crippen LogP contribution in [0.25, 0.3) is 0 Å². The van der Waals surface area contributed by atoms with Gasteiger partial charge in [-0.05, 0) is 31.1 Å². The van der Waals surface area contributed by atoms with E-state index in [-0.39, 0.29) is 0 Å². The summed E-state index contributed by atoms with van der Waals surface area (Å²) in [6.07, 6.45) is 4.74. The molecule has 44 valence electrons. The molecule has 3 fully saturated rings. The van der Waals surface area contributed by atoms with Crippen LogP contribution in [0, 0.1) is 11.8 Å². The summed E-state index contributed by atoms with van der Waals surface area (Å²) in [5.41, 5.74) is 0. The average molecular weight is 126 g/mol. The zero-order valence-electron chi connectivity index (χ0n) is 4.84. The first-order valence-corrected chi connectivity index (χ1v) is 4.55. The van der Waals surface area contributed by atoms with E-state index in [0.717, 1.165) is 10.5 Å². The Morgan fingerprint density at radius 3 is 2.00 bits per heavy atom. The fourth-order valence-corrected chi connectivity index (χ4v) is 4.20. The van der Waals surface area contributed by atoms with Crippen molar-refractivity contribution in [2.24, 2.45) is 11.8 Å². The summed E-state index contributed by atoms with van der Waals surface area (Å²) in [6.45, 7) is 0. The zero-order valence-corrected chi connectivity index (χ0v) is 5.66. The van der Waals surface area contributed by atoms with Gasteiger partial charge in [0.05, 0.1) is 0 Å². The molecule has 0 aromatic carbocycles. The topological polar surface area (TPSA) is 0 Å². The summed E-state index contributed by atoms with van der Waals surface area (Å²) in [5, 5.41) is 2.32. The van der Waals surface area contributed by atoms with E-state index in [4.69, 9.17) is 0 Å². The minimum Gasteiger partial charge on any atom is -0.152 e. The lowest BCUT2D eigenvalue weighted by molar-refractivity contribution is 0.546. The summed E-state index contributed by atoms with van der Waals surface area (Å²) in [7, 11) is 0. The molecule has 0 amide bonds. The molecule has 3 aliphatic rings. The lowest BCUT2D eigenvalue weighted by atomic mass is 10.0. The molecule has 2 aliphatic carbocycles. The minimum absolute atomic E-state index is 1.16. The molecular weight excluding hydrogens is 116 g/mol. The Morgan fingerprint density at radius 1 is 1.00 bits per heavy atom. The highest BCUT2D eigenvalue weighted by Crippen LogP contribution is 2.65. The van der Waals surface area contributed by atoms with Crippen molar-refractivity contribution in [2.75, 3.05) is 0 Å². The van der Waals surface area contributed by atoms with Crippen LogP contribution in [0.2, 0.25) is 0 Å². The SMILES string of the molecule is C1CC2CC1C1SC21. The Morgan fingerprint density at radius 2 is 1.62 bits per heavy atom. The molecule has 1 heteroatoms. The highest BCUT2D eigenvalue weighted by atomic mass is 32.2. The third-order valence-corrected chi connectivity index (χ3v) is 4.67. The van der Waals surface area contributed by atoms with Gasteiger partial charge in [-0.1, -0.05) is 0 Å². The Bertz CT molecular complexity index is 118. The molecule has 1 saturated heterocycles. The van der Waals surface area contributed by atoms with E-state index in [1.807, 2.05) is 0 Å². The Balaban J connectivity index is 2.02. The maximum absolute atomic E-state index is 2.26. The maximum Gasteiger partial charge on any atom is 0.0200 e. The standard InChI is InChI=1S/C7H10S/c1-2-5-3-4(1)6-7(5)8-6/h4-7H,1-3H2. The van der Waals surface area contributed by atoms with Crippen LogP contribution in [0.1, 0.15) is 19.3 Å². The molecule has 0 aromatic heterocycles. The summed E-state index contributed by atoms with van der Waals surface area (Å²) >= 11 is 2.26. The van der Waals surface area contributed by atoms with Crippen LogP contribution in [0.15, 0.2) is 0 Å². The summed E-state index contributed by atoms with van der Waals surface area (Å²) in [5.74, 6) is 2.35. The first-order chi connectivity index (χ1) is 3.95. The van der Waals surface area contributed by atoms with Gasteiger partial charge in [-0.15, -0.1) is 0 Å². The molecule has 2 bridgehead atoms. The third-order valence-electron chi connectivity index (χ3n) is 3.00. The van der Waals surface area contributed by atoms with Crippen molar-refractivity contribution in [1.82, 2.24) is 0 Å². The van der Waals surface area contributed by atoms with Gasteiger partial charge in [-0.3, -0.25) is 0 Å². The smallest absolute Gasteiger partial charge is 0.0200 e. The van der Waals surface area contributed by atoms with E-state index in [1.165, 1.54) is 11.8 Å². The van der Waals surface area contributed by atoms with Gasteiger partial charge in [-0.25, -0.2) is 0 Å². The van der Waals surface area contributed by atoms with E-state index in [9.17, 15) is 0 Å². The van der Waals surface area contributed by atoms with Gasteiger partial charge in [0.25, 0.3) is 0 Å². The second-order valence-electron chi connectivity index (χ2n) is 3.40. The zero-order chi connectivity index (χ0) is 5.14. The number of rotatable bonds is 0. The monoisotopic (exact) mass is 126 g/mol. The van der Waals surface area contributed by atoms with E-state index in [0.29, 0.717) is 0 Å². The molecule has 2 saturated carbocycles. The average Bonchev–Trinajstić information content (AvgIpc) is 2.39. The fourth-order valence-electron chi connectivity index (χ4n) is 2.54. The molecule has 3 rings (SSSR count). The van der Waals surface area contributed by atoms with E-state index >= 15 is 0 Å². The second-order valence-corrected chi connectivity index (χ2v) is 4.76. The van der Waals surface area contributed by atoms with E-state index < -0.39 is 0 Å². The Hall–Kier alpha value is 0.350. The summed E-state index contributed by atoms with van der Waals surface area (Å²) in [6, 6.07) is 0. The van der Waals surface area contributed by atoms with E-state index in [1.54, 1.807) is 19.3 Å². The van der Waals surface area contributed by atoms with Gasteiger partial charge < -0.3 is 0 Å². The summed E-state index contributed by atoms with van der Waals surface area (Å²) in [4.78, 5) is 0. The Kier molecular flexibility index (Phi) is 0.584. The highest BCUT2D eigenvalue weighted by molar-refractivity contribution is 8.07. The van der Waals surface area contributed by atoms with Crippen molar-refractivity contribution in [3.05, 3.63) is 0 Å². The van der Waals surface area contributed by atoms with Gasteiger partial charge in [0.2, 0.25) is 0 Å². The molecule has 0 nitrogen and oxygen atoms in total. The van der Waals surface area contributed by atoms with Crippen molar-refractivity contribution in [2.45, 2.75) is 29.8 Å². The van der Waals surface area contributed by atoms with Crippen molar-refractivity contribution in [3.8, 4) is 0 Å². The van der Waals surface area contributed by atoms with Crippen molar-refractivity contribution >= 4 is 11.8 Å². The largest absolute Gasteiger partial charge is 0.152 e. The first kappa shape index (κ1) is 4.21. The summed E-state index contributed by atoms with van der Waals surface area (Å²) < 4.78 is 0. The number of thioether (sulfide) groups is 1. The van der Waals surface area contributed by atoms with Crippen LogP contribution in [0.5, 0.6) is 0 Å². The van der Waals surface area contributed by atoms with E-state index in [2.05, 4.69) is 11.8 Å². The van der Waals surface area contributed by atoms with Crippen molar-refractivity contribution in [3.63, 3.8) is 0 Å². The van der Waals surface area contributed by atoms with Crippen LogP contribution in [-0.2, 0) is 0 Å². The number of fused-ring (bicyclic) bond motifs is 5. The van der Waals surface area contributed by atoms with Crippen molar-refractivity contribution in [1.29, 1.82) is 0 Å². The van der Waals surface area contributed by atoms with Crippen molar-refractivity contribution < 1.29 is 0 Å². The predicted molar refractivity (Wildman–Crippen MR) is 36.0 cm³/mol. The van der Waals surface area contributed by atoms with Gasteiger partial charge in [0.1, 0.15) is 0 Å². The molecule has 1 heterocycles. The first-order valence-electron chi connectivity index (χ1n) is 3.60. The maximum atomic E-state index is 2.26. The molecule has 0 N–H and O–H groups in total. The molecule has 1 aliphatic heterocycles. The van der Waals surface area contributed by atoms with Gasteiger partial charge >= 0.3 is 0 Å². The van der Waals surface area contributed by atoms with Crippen LogP contribution >= 0.6 is 11.8 Å². The predicted octanol–water partition coefficient (Wildman–Crippen LogP) is 1.90. The molecule has 4 unspecified atom stereocenters. The van der Waals surface area contributed by atoms with Crippen LogP contribution in [-0.4, -0.2) is 10.5 Å². The van der Waals surface area contributed by atoms with Crippen LogP contribution in [0.4, 0.5) is 0 Å². The highest BCUT2D eigenvalue weighted by Gasteiger charge is 2.58. The lowest BCUT2D eigenvalue weighted by Crippen LogP contribution is -2.04. The van der Waals surface area contributed by atoms with Crippen LogP contribution in [0.3, 0.4) is 0 Å². The van der Waals surface area contributed by atoms with Gasteiger partial charge in [0, 0.05) is 10.5 Å². The minimum atomic E-state index is 1.16. The fraction of sp³-hybridized carbons (Fsp3) is 1.00. The van der Waals surface area contributed by atoms with Gasteiger partial charge in [0.15, 0.2) is 0 Å². The molecule has 0 radical (unpaired) electrons. The third kappa shape index (κ3) is 0.333. The molecule has 4 atom stereocenters. The number of hydrogen-bond donors (Lipinski definition) is 0. The lowest BCUT2D eigenvalue weighted by Gasteiger charge is -2.02. The Labute approximate surface area is 54.0 Å².